The number of aryl methyl sites for hydroxylation is 1. The number of aromatic nitrogens is 6. The Morgan fingerprint density at radius 3 is 2.53 bits per heavy atom. The van der Waals surface area contributed by atoms with Crippen molar-refractivity contribution < 1.29 is 22.3 Å². The summed E-state index contributed by atoms with van der Waals surface area (Å²) < 4.78 is 62.8. The van der Waals surface area contributed by atoms with Crippen LogP contribution in [0.4, 0.5) is 17.6 Å². The van der Waals surface area contributed by atoms with E-state index in [1.807, 2.05) is 29.8 Å². The van der Waals surface area contributed by atoms with Crippen LogP contribution >= 0.6 is 11.6 Å². The van der Waals surface area contributed by atoms with Crippen LogP contribution in [-0.2, 0) is 12.6 Å². The van der Waals surface area contributed by atoms with E-state index >= 15 is 0 Å². The number of hydrogen-bond acceptors (Lipinski definition) is 5. The lowest BCUT2D eigenvalue weighted by atomic mass is 10.1. The number of halogens is 5. The van der Waals surface area contributed by atoms with Gasteiger partial charge in [0, 0.05) is 18.2 Å². The molecule has 0 fully saturated rings. The molecule has 0 saturated carbocycles. The number of imidazole rings is 1. The molecule has 0 unspecified atom stereocenters. The molecule has 0 aliphatic carbocycles. The third-order valence-electron chi connectivity index (χ3n) is 5.46. The number of ether oxygens (including phenoxy) is 1. The van der Waals surface area contributed by atoms with Crippen molar-refractivity contribution in [2.75, 3.05) is 7.11 Å². The first-order valence-electron chi connectivity index (χ1n) is 10.6. The van der Waals surface area contributed by atoms with Gasteiger partial charge >= 0.3 is 6.18 Å². The molecular formula is C24H17ClF4N6O. The molecule has 184 valence electrons. The molecule has 0 N–H and O–H groups in total. The Labute approximate surface area is 207 Å². The number of alkyl halides is 3. The van der Waals surface area contributed by atoms with Gasteiger partial charge in [-0.25, -0.2) is 14.4 Å². The van der Waals surface area contributed by atoms with Crippen LogP contribution in [0.15, 0.2) is 55.0 Å². The Morgan fingerprint density at radius 2 is 1.86 bits per heavy atom. The highest BCUT2D eigenvalue weighted by Gasteiger charge is 2.34. The summed E-state index contributed by atoms with van der Waals surface area (Å²) in [6.45, 7) is 1.87. The molecule has 3 aromatic heterocycles. The summed E-state index contributed by atoms with van der Waals surface area (Å²) in [5.74, 6) is -0.116. The fourth-order valence-electron chi connectivity index (χ4n) is 3.77. The van der Waals surface area contributed by atoms with Gasteiger partial charge in [-0.1, -0.05) is 17.7 Å². The quantitative estimate of drug-likeness (QED) is 0.280. The van der Waals surface area contributed by atoms with Crippen molar-refractivity contribution in [1.29, 1.82) is 0 Å². The van der Waals surface area contributed by atoms with Gasteiger partial charge in [0.15, 0.2) is 11.5 Å². The summed E-state index contributed by atoms with van der Waals surface area (Å²) in [6, 6.07) is 9.94. The summed E-state index contributed by atoms with van der Waals surface area (Å²) in [7, 11) is 1.54. The second-order valence-electron chi connectivity index (χ2n) is 8.00. The predicted octanol–water partition coefficient (Wildman–Crippen LogP) is 5.70. The van der Waals surface area contributed by atoms with Crippen molar-refractivity contribution in [2.24, 2.45) is 0 Å². The Bertz CT molecular complexity index is 1590. The van der Waals surface area contributed by atoms with E-state index in [2.05, 4.69) is 20.1 Å². The lowest BCUT2D eigenvalue weighted by Gasteiger charge is -2.10. The summed E-state index contributed by atoms with van der Waals surface area (Å²) in [5, 5.41) is 4.15. The average Bonchev–Trinajstić information content (AvgIpc) is 3.45. The largest absolute Gasteiger partial charge is 0.495 e. The normalized spacial score (nSPS) is 11.9. The van der Waals surface area contributed by atoms with Gasteiger partial charge in [0.1, 0.15) is 11.6 Å². The van der Waals surface area contributed by atoms with E-state index in [4.69, 9.17) is 16.3 Å². The maximum absolute atomic E-state index is 13.7. The molecule has 0 aliphatic heterocycles. The minimum atomic E-state index is -4.72. The lowest BCUT2D eigenvalue weighted by Crippen LogP contribution is -2.11. The standard InChI is InChI=1S/C24H17ClF4N6O/c1-13-11-34(12-30-13)18-6-3-14(7-20(18)36-2)8-22-32-23-31-21(24(27,28)29)10-19(35(23)33-22)15-4-5-17(26)16(25)9-15/h3-7,9-12H,8H2,1-2H3. The molecule has 2 aromatic carbocycles. The third kappa shape index (κ3) is 4.49. The Kier molecular flexibility index (Phi) is 5.87. The molecule has 5 rings (SSSR count). The van der Waals surface area contributed by atoms with Gasteiger partial charge in [0.05, 0.1) is 35.5 Å². The van der Waals surface area contributed by atoms with Crippen LogP contribution in [0.5, 0.6) is 5.75 Å². The molecule has 0 bridgehead atoms. The zero-order valence-electron chi connectivity index (χ0n) is 18.9. The highest BCUT2D eigenvalue weighted by Crippen LogP contribution is 2.33. The molecule has 0 aliphatic rings. The van der Waals surface area contributed by atoms with Crippen LogP contribution in [0, 0.1) is 12.7 Å². The van der Waals surface area contributed by atoms with E-state index in [0.717, 1.165) is 29.1 Å². The topological polar surface area (TPSA) is 70.1 Å². The number of rotatable bonds is 5. The van der Waals surface area contributed by atoms with Gasteiger partial charge in [-0.05, 0) is 48.9 Å². The van der Waals surface area contributed by atoms with Crippen molar-refractivity contribution in [3.8, 4) is 22.7 Å². The Morgan fingerprint density at radius 1 is 1.06 bits per heavy atom. The van der Waals surface area contributed by atoms with E-state index in [1.54, 1.807) is 12.4 Å². The molecule has 0 radical (unpaired) electrons. The second-order valence-corrected chi connectivity index (χ2v) is 8.41. The van der Waals surface area contributed by atoms with Gasteiger partial charge in [-0.3, -0.25) is 0 Å². The van der Waals surface area contributed by atoms with Crippen LogP contribution in [0.25, 0.3) is 22.7 Å². The number of nitrogens with zero attached hydrogens (tertiary/aromatic N) is 6. The number of methoxy groups -OCH3 is 1. The fraction of sp³-hybridized carbons (Fsp3) is 0.167. The molecular weight excluding hydrogens is 500 g/mol. The third-order valence-corrected chi connectivity index (χ3v) is 5.75. The van der Waals surface area contributed by atoms with E-state index in [0.29, 0.717) is 5.75 Å². The zero-order valence-corrected chi connectivity index (χ0v) is 19.6. The highest BCUT2D eigenvalue weighted by molar-refractivity contribution is 6.31. The molecule has 0 amide bonds. The number of benzene rings is 2. The SMILES string of the molecule is COc1cc(Cc2nc3nc(C(F)(F)F)cc(-c4ccc(F)c(Cl)c4)n3n2)ccc1-n1cnc(C)c1. The molecule has 5 aromatic rings. The Hall–Kier alpha value is -3.99. The van der Waals surface area contributed by atoms with Crippen molar-refractivity contribution in [3.63, 3.8) is 0 Å². The smallest absolute Gasteiger partial charge is 0.433 e. The molecule has 12 heteroatoms. The molecule has 0 spiro atoms. The maximum atomic E-state index is 13.7. The van der Waals surface area contributed by atoms with Crippen molar-refractivity contribution in [3.05, 3.63) is 88.6 Å². The highest BCUT2D eigenvalue weighted by atomic mass is 35.5. The van der Waals surface area contributed by atoms with Crippen molar-refractivity contribution in [2.45, 2.75) is 19.5 Å². The summed E-state index contributed by atoms with van der Waals surface area (Å²) in [6.07, 6.45) is -0.993. The average molecular weight is 517 g/mol. The first-order valence-corrected chi connectivity index (χ1v) is 11.0. The molecule has 7 nitrogen and oxygen atoms in total. The first kappa shape index (κ1) is 23.7. The van der Waals surface area contributed by atoms with Gasteiger partial charge < -0.3 is 9.30 Å². The fourth-order valence-corrected chi connectivity index (χ4v) is 3.95. The summed E-state index contributed by atoms with van der Waals surface area (Å²) in [4.78, 5) is 12.1. The van der Waals surface area contributed by atoms with E-state index < -0.39 is 17.7 Å². The summed E-state index contributed by atoms with van der Waals surface area (Å²) >= 11 is 5.87. The van der Waals surface area contributed by atoms with E-state index in [-0.39, 0.29) is 34.3 Å². The van der Waals surface area contributed by atoms with Crippen LogP contribution in [0.1, 0.15) is 22.8 Å². The molecule has 0 saturated heterocycles. The van der Waals surface area contributed by atoms with Crippen LogP contribution < -0.4 is 4.74 Å². The second kappa shape index (κ2) is 8.90. The maximum Gasteiger partial charge on any atom is 0.433 e. The number of hydrogen-bond donors (Lipinski definition) is 0. The Balaban J connectivity index is 1.57. The summed E-state index contributed by atoms with van der Waals surface area (Å²) in [5.41, 5.74) is 1.50. The van der Waals surface area contributed by atoms with Gasteiger partial charge in [0.25, 0.3) is 5.78 Å². The minimum absolute atomic E-state index is 0.0244. The van der Waals surface area contributed by atoms with Gasteiger partial charge in [-0.15, -0.1) is 5.10 Å². The monoisotopic (exact) mass is 516 g/mol. The van der Waals surface area contributed by atoms with Crippen LogP contribution in [0.2, 0.25) is 5.02 Å². The van der Waals surface area contributed by atoms with Gasteiger partial charge in [0.2, 0.25) is 0 Å². The molecule has 36 heavy (non-hydrogen) atoms. The van der Waals surface area contributed by atoms with E-state index in [1.165, 1.54) is 23.8 Å². The van der Waals surface area contributed by atoms with Crippen LogP contribution in [0.3, 0.4) is 0 Å². The lowest BCUT2D eigenvalue weighted by molar-refractivity contribution is -0.141. The molecule has 3 heterocycles. The van der Waals surface area contributed by atoms with E-state index in [9.17, 15) is 17.6 Å². The predicted molar refractivity (Wildman–Crippen MR) is 124 cm³/mol. The number of fused-ring (bicyclic) bond motifs is 1. The van der Waals surface area contributed by atoms with Crippen molar-refractivity contribution >= 4 is 17.4 Å². The van der Waals surface area contributed by atoms with Crippen molar-refractivity contribution in [1.82, 2.24) is 29.1 Å². The van der Waals surface area contributed by atoms with Gasteiger partial charge in [-0.2, -0.15) is 22.7 Å². The first-order chi connectivity index (χ1) is 17.1. The molecule has 0 atom stereocenters. The van der Waals surface area contributed by atoms with Crippen LogP contribution in [-0.4, -0.2) is 36.2 Å². The zero-order chi connectivity index (χ0) is 25.6. The minimum Gasteiger partial charge on any atom is -0.495 e.